The van der Waals surface area contributed by atoms with E-state index in [0.29, 0.717) is 5.69 Å². The first-order valence-electron chi connectivity index (χ1n) is 3.94. The van der Waals surface area contributed by atoms with Gasteiger partial charge in [-0.05, 0) is 31.2 Å². The van der Waals surface area contributed by atoms with Gasteiger partial charge in [0.05, 0.1) is 0 Å². The molecule has 0 saturated heterocycles. The predicted molar refractivity (Wildman–Crippen MR) is 51.6 cm³/mol. The number of anilines is 2. The fourth-order valence-electron chi connectivity index (χ4n) is 0.891. The first kappa shape index (κ1) is 9.38. The largest absolute Gasteiger partial charge is 0.480 e. The molecule has 1 atom stereocenters. The van der Waals surface area contributed by atoms with Crippen molar-refractivity contribution in [2.24, 2.45) is 0 Å². The summed E-state index contributed by atoms with van der Waals surface area (Å²) in [5.41, 5.74) is 6.89. The number of hydrogen-bond donors (Lipinski definition) is 3. The third-order valence-corrected chi connectivity index (χ3v) is 1.66. The van der Waals surface area contributed by atoms with Gasteiger partial charge in [-0.3, -0.25) is 4.79 Å². The molecular formula is C9H12N2O2. The SMILES string of the molecule is C[C@H](Nc1ccc(N)cc1)C(=O)O. The molecule has 1 aromatic rings. The highest BCUT2D eigenvalue weighted by molar-refractivity contribution is 5.76. The summed E-state index contributed by atoms with van der Waals surface area (Å²) in [4.78, 5) is 10.5. The maximum atomic E-state index is 10.5. The summed E-state index contributed by atoms with van der Waals surface area (Å²) < 4.78 is 0. The fourth-order valence-corrected chi connectivity index (χ4v) is 0.891. The number of carbonyl (C=O) groups is 1. The molecule has 0 unspecified atom stereocenters. The highest BCUT2D eigenvalue weighted by Gasteiger charge is 2.09. The van der Waals surface area contributed by atoms with Crippen LogP contribution in [0.5, 0.6) is 0 Å². The molecule has 0 radical (unpaired) electrons. The molecule has 13 heavy (non-hydrogen) atoms. The quantitative estimate of drug-likeness (QED) is 0.610. The fraction of sp³-hybridized carbons (Fsp3) is 0.222. The molecule has 4 heteroatoms. The monoisotopic (exact) mass is 180 g/mol. The molecule has 0 bridgehead atoms. The summed E-state index contributed by atoms with van der Waals surface area (Å²) >= 11 is 0. The molecule has 0 aliphatic heterocycles. The molecule has 4 N–H and O–H groups in total. The van der Waals surface area contributed by atoms with Crippen molar-refractivity contribution < 1.29 is 9.90 Å². The van der Waals surface area contributed by atoms with Crippen LogP contribution >= 0.6 is 0 Å². The third kappa shape index (κ3) is 2.66. The number of nitrogens with two attached hydrogens (primary N) is 1. The Morgan fingerprint density at radius 3 is 2.46 bits per heavy atom. The van der Waals surface area contributed by atoms with Gasteiger partial charge in [0.15, 0.2) is 0 Å². The van der Waals surface area contributed by atoms with Crippen molar-refractivity contribution in [3.05, 3.63) is 24.3 Å². The molecule has 70 valence electrons. The molecule has 1 aromatic carbocycles. The van der Waals surface area contributed by atoms with Crippen molar-refractivity contribution >= 4 is 17.3 Å². The molecular weight excluding hydrogens is 168 g/mol. The molecule has 0 amide bonds. The van der Waals surface area contributed by atoms with Gasteiger partial charge in [0, 0.05) is 11.4 Å². The molecule has 0 aromatic heterocycles. The number of aliphatic carboxylic acids is 1. The Kier molecular flexibility index (Phi) is 2.74. The molecule has 0 heterocycles. The minimum absolute atomic E-state index is 0.594. The van der Waals surface area contributed by atoms with Gasteiger partial charge >= 0.3 is 5.97 Å². The second kappa shape index (κ2) is 3.80. The zero-order valence-corrected chi connectivity index (χ0v) is 7.32. The number of carboxylic acid groups (broad SMARTS) is 1. The van der Waals surface area contributed by atoms with Gasteiger partial charge in [-0.1, -0.05) is 0 Å². The predicted octanol–water partition coefficient (Wildman–Crippen LogP) is 1.15. The number of carboxylic acids is 1. The van der Waals surface area contributed by atoms with Crippen LogP contribution in [0.3, 0.4) is 0 Å². The molecule has 4 nitrogen and oxygen atoms in total. The van der Waals surface area contributed by atoms with E-state index in [-0.39, 0.29) is 0 Å². The average molecular weight is 180 g/mol. The minimum Gasteiger partial charge on any atom is -0.480 e. The summed E-state index contributed by atoms with van der Waals surface area (Å²) in [5.74, 6) is -0.878. The van der Waals surface area contributed by atoms with Crippen molar-refractivity contribution in [1.29, 1.82) is 0 Å². The number of nitrogens with one attached hydrogen (secondary N) is 1. The van der Waals surface area contributed by atoms with Gasteiger partial charge in [0.1, 0.15) is 6.04 Å². The van der Waals surface area contributed by atoms with Crippen molar-refractivity contribution in [3.63, 3.8) is 0 Å². The van der Waals surface area contributed by atoms with Crippen LogP contribution in [0.25, 0.3) is 0 Å². The molecule has 0 fully saturated rings. The van der Waals surface area contributed by atoms with Gasteiger partial charge in [0.25, 0.3) is 0 Å². The van der Waals surface area contributed by atoms with Crippen molar-refractivity contribution in [3.8, 4) is 0 Å². The summed E-state index contributed by atoms with van der Waals surface area (Å²) in [7, 11) is 0. The second-order valence-electron chi connectivity index (χ2n) is 2.83. The lowest BCUT2D eigenvalue weighted by molar-refractivity contribution is -0.137. The van der Waals surface area contributed by atoms with Gasteiger partial charge < -0.3 is 16.2 Å². The van der Waals surface area contributed by atoms with Gasteiger partial charge in [0.2, 0.25) is 0 Å². The van der Waals surface area contributed by atoms with Crippen LogP contribution < -0.4 is 11.1 Å². The van der Waals surface area contributed by atoms with Crippen LogP contribution in [-0.4, -0.2) is 17.1 Å². The zero-order chi connectivity index (χ0) is 9.84. The molecule has 0 aliphatic rings. The highest BCUT2D eigenvalue weighted by Crippen LogP contribution is 2.11. The van der Waals surface area contributed by atoms with E-state index in [1.54, 1.807) is 31.2 Å². The van der Waals surface area contributed by atoms with E-state index in [4.69, 9.17) is 10.8 Å². The number of hydrogen-bond acceptors (Lipinski definition) is 3. The summed E-state index contributed by atoms with van der Waals surface area (Å²) in [6, 6.07) is 6.33. The Hall–Kier alpha value is -1.71. The smallest absolute Gasteiger partial charge is 0.325 e. The average Bonchev–Trinajstić information content (AvgIpc) is 2.08. The van der Waals surface area contributed by atoms with Gasteiger partial charge in [-0.2, -0.15) is 0 Å². The van der Waals surface area contributed by atoms with E-state index in [1.807, 2.05) is 0 Å². The van der Waals surface area contributed by atoms with E-state index in [0.717, 1.165) is 5.69 Å². The number of rotatable bonds is 3. The van der Waals surface area contributed by atoms with Gasteiger partial charge in [-0.15, -0.1) is 0 Å². The van der Waals surface area contributed by atoms with Crippen molar-refractivity contribution in [2.45, 2.75) is 13.0 Å². The normalized spacial score (nSPS) is 12.1. The molecule has 0 spiro atoms. The minimum atomic E-state index is -0.878. The second-order valence-corrected chi connectivity index (χ2v) is 2.83. The number of benzene rings is 1. The lowest BCUT2D eigenvalue weighted by Crippen LogP contribution is -2.25. The Bertz CT molecular complexity index is 295. The number of nitrogen functional groups attached to an aromatic ring is 1. The van der Waals surface area contributed by atoms with E-state index in [9.17, 15) is 4.79 Å². The van der Waals surface area contributed by atoms with Crippen LogP contribution in [-0.2, 0) is 4.79 Å². The topological polar surface area (TPSA) is 75.3 Å². The Balaban J connectivity index is 2.64. The first-order chi connectivity index (χ1) is 6.09. The highest BCUT2D eigenvalue weighted by atomic mass is 16.4. The van der Waals surface area contributed by atoms with Gasteiger partial charge in [-0.25, -0.2) is 0 Å². The lowest BCUT2D eigenvalue weighted by atomic mass is 10.2. The van der Waals surface area contributed by atoms with E-state index < -0.39 is 12.0 Å². The Labute approximate surface area is 76.4 Å². The van der Waals surface area contributed by atoms with Crippen LogP contribution in [0, 0.1) is 0 Å². The molecule has 1 rings (SSSR count). The third-order valence-electron chi connectivity index (χ3n) is 1.66. The Morgan fingerprint density at radius 2 is 2.00 bits per heavy atom. The van der Waals surface area contributed by atoms with Crippen molar-refractivity contribution in [1.82, 2.24) is 0 Å². The summed E-state index contributed by atoms with van der Waals surface area (Å²) in [5, 5.41) is 11.4. The zero-order valence-electron chi connectivity index (χ0n) is 7.32. The van der Waals surface area contributed by atoms with E-state index in [1.165, 1.54) is 0 Å². The first-order valence-corrected chi connectivity index (χ1v) is 3.94. The van der Waals surface area contributed by atoms with E-state index in [2.05, 4.69) is 5.32 Å². The van der Waals surface area contributed by atoms with Crippen LogP contribution in [0.15, 0.2) is 24.3 Å². The summed E-state index contributed by atoms with van der Waals surface area (Å²) in [6.07, 6.45) is 0. The lowest BCUT2D eigenvalue weighted by Gasteiger charge is -2.10. The Morgan fingerprint density at radius 1 is 1.46 bits per heavy atom. The molecule has 0 aliphatic carbocycles. The summed E-state index contributed by atoms with van der Waals surface area (Å²) in [6.45, 7) is 1.58. The van der Waals surface area contributed by atoms with E-state index >= 15 is 0 Å². The van der Waals surface area contributed by atoms with Crippen LogP contribution in [0.4, 0.5) is 11.4 Å². The van der Waals surface area contributed by atoms with Crippen LogP contribution in [0.2, 0.25) is 0 Å². The standard InChI is InChI=1S/C9H12N2O2/c1-6(9(12)13)11-8-4-2-7(10)3-5-8/h2-6,11H,10H2,1H3,(H,12,13)/t6-/m0/s1. The maximum absolute atomic E-state index is 10.5. The maximum Gasteiger partial charge on any atom is 0.325 e. The van der Waals surface area contributed by atoms with Crippen molar-refractivity contribution in [2.75, 3.05) is 11.1 Å². The van der Waals surface area contributed by atoms with Crippen LogP contribution in [0.1, 0.15) is 6.92 Å². The molecule has 0 saturated carbocycles.